The van der Waals surface area contributed by atoms with Gasteiger partial charge in [0.25, 0.3) is 5.56 Å². The second-order valence-electron chi connectivity index (χ2n) is 10.2. The van der Waals surface area contributed by atoms with E-state index in [1.807, 2.05) is 36.4 Å². The maximum Gasteiger partial charge on any atom is 0.263 e. The number of benzene rings is 3. The van der Waals surface area contributed by atoms with Crippen LogP contribution in [0.4, 0.5) is 0 Å². The molecule has 0 aliphatic carbocycles. The summed E-state index contributed by atoms with van der Waals surface area (Å²) in [6.45, 7) is 0.712. The van der Waals surface area contributed by atoms with Gasteiger partial charge in [0.05, 0.1) is 27.9 Å². The molecule has 1 fully saturated rings. The minimum atomic E-state index is -3.55. The van der Waals surface area contributed by atoms with Gasteiger partial charge >= 0.3 is 0 Å². The fourth-order valence-corrected chi connectivity index (χ4v) is 6.78. The smallest absolute Gasteiger partial charge is 0.263 e. The van der Waals surface area contributed by atoms with Crippen molar-refractivity contribution in [2.75, 3.05) is 13.1 Å². The summed E-state index contributed by atoms with van der Waals surface area (Å²) < 4.78 is 35.4. The number of piperidine rings is 1. The van der Waals surface area contributed by atoms with Crippen LogP contribution in [0, 0.1) is 11.3 Å². The first-order valence-electron chi connectivity index (χ1n) is 13.9. The van der Waals surface area contributed by atoms with Crippen LogP contribution < -0.4 is 10.3 Å². The van der Waals surface area contributed by atoms with Crippen molar-refractivity contribution in [3.63, 3.8) is 0 Å². The number of pyridine rings is 2. The molecule has 0 spiro atoms. The first-order chi connectivity index (χ1) is 20.9. The zero-order chi connectivity index (χ0) is 29.8. The largest absolute Gasteiger partial charge is 0.490 e. The quantitative estimate of drug-likeness (QED) is 0.243. The van der Waals surface area contributed by atoms with Crippen molar-refractivity contribution >= 4 is 10.0 Å². The third kappa shape index (κ3) is 5.84. The molecule has 2 aromatic heterocycles. The molecule has 43 heavy (non-hydrogen) atoms. The molecule has 3 heterocycles. The van der Waals surface area contributed by atoms with Crippen LogP contribution in [0.1, 0.15) is 18.4 Å². The van der Waals surface area contributed by atoms with Gasteiger partial charge in [0.2, 0.25) is 10.0 Å². The fourth-order valence-electron chi connectivity index (χ4n) is 5.29. The molecule has 0 unspecified atom stereocenters. The van der Waals surface area contributed by atoms with Gasteiger partial charge in [0, 0.05) is 48.2 Å². The van der Waals surface area contributed by atoms with Crippen molar-refractivity contribution in [1.29, 1.82) is 5.26 Å². The molecule has 6 rings (SSSR count). The molecule has 1 saturated heterocycles. The summed E-state index contributed by atoms with van der Waals surface area (Å²) in [6.07, 6.45) is 4.35. The topological polar surface area (TPSA) is 105 Å². The Kier molecular flexibility index (Phi) is 7.88. The van der Waals surface area contributed by atoms with E-state index in [9.17, 15) is 18.5 Å². The van der Waals surface area contributed by atoms with Crippen LogP contribution in [0.2, 0.25) is 0 Å². The minimum absolute atomic E-state index is 0.174. The molecule has 0 amide bonds. The Morgan fingerprint density at radius 1 is 0.837 bits per heavy atom. The average Bonchev–Trinajstić information content (AvgIpc) is 3.06. The lowest BCUT2D eigenvalue weighted by Gasteiger charge is -2.31. The van der Waals surface area contributed by atoms with Crippen LogP contribution in [-0.4, -0.2) is 41.5 Å². The number of nitrogens with zero attached hydrogens (tertiary/aromatic N) is 4. The summed E-state index contributed by atoms with van der Waals surface area (Å²) >= 11 is 0. The second kappa shape index (κ2) is 12.1. The van der Waals surface area contributed by atoms with Gasteiger partial charge < -0.3 is 4.74 Å². The molecule has 1 aliphatic heterocycles. The zero-order valence-electron chi connectivity index (χ0n) is 23.2. The maximum absolute atomic E-state index is 13.9. The molecular weight excluding hydrogens is 560 g/mol. The molecule has 214 valence electrons. The van der Waals surface area contributed by atoms with Gasteiger partial charge in [-0.25, -0.2) is 8.42 Å². The highest BCUT2D eigenvalue weighted by Gasteiger charge is 2.30. The van der Waals surface area contributed by atoms with E-state index in [2.05, 4.69) is 11.1 Å². The average molecular weight is 589 g/mol. The third-order valence-corrected chi connectivity index (χ3v) is 9.41. The normalized spacial score (nSPS) is 14.2. The Labute approximate surface area is 250 Å². The lowest BCUT2D eigenvalue weighted by atomic mass is 9.99. The zero-order valence-corrected chi connectivity index (χ0v) is 24.0. The minimum Gasteiger partial charge on any atom is -0.490 e. The van der Waals surface area contributed by atoms with Gasteiger partial charge in [-0.2, -0.15) is 9.57 Å². The molecular formula is C34H28N4O4S. The number of sulfonamides is 1. The molecule has 3 aromatic carbocycles. The predicted octanol–water partition coefficient (Wildman–Crippen LogP) is 5.67. The molecule has 0 radical (unpaired) electrons. The van der Waals surface area contributed by atoms with Crippen molar-refractivity contribution in [1.82, 2.24) is 13.9 Å². The van der Waals surface area contributed by atoms with Crippen LogP contribution in [0.5, 0.6) is 5.75 Å². The molecule has 0 bridgehead atoms. The highest BCUT2D eigenvalue weighted by Crippen LogP contribution is 2.28. The van der Waals surface area contributed by atoms with Gasteiger partial charge in [-0.05, 0) is 61.4 Å². The van der Waals surface area contributed by atoms with Crippen LogP contribution in [0.15, 0.2) is 125 Å². The summed E-state index contributed by atoms with van der Waals surface area (Å²) in [7, 11) is -3.55. The van der Waals surface area contributed by atoms with E-state index in [0.29, 0.717) is 59.8 Å². The number of aromatic nitrogens is 2. The molecule has 9 heteroatoms. The van der Waals surface area contributed by atoms with Crippen LogP contribution in [-0.2, 0) is 10.0 Å². The van der Waals surface area contributed by atoms with Crippen molar-refractivity contribution in [3.05, 3.63) is 131 Å². The van der Waals surface area contributed by atoms with Crippen LogP contribution >= 0.6 is 0 Å². The third-order valence-electron chi connectivity index (χ3n) is 7.50. The van der Waals surface area contributed by atoms with Gasteiger partial charge in [-0.3, -0.25) is 14.3 Å². The standard InChI is InChI=1S/C34H28N4O4S/c35-23-25-9-4-5-14-31(25)32-21-26(33-15-6-7-18-36-33)24-38(34(32)39)27-10-8-11-29(22-27)42-28-16-19-37(20-17-28)43(40,41)30-12-2-1-3-13-30/h1-15,18,21-22,24,28H,16-17,19-20H2. The molecule has 0 N–H and O–H groups in total. The molecule has 5 aromatic rings. The lowest BCUT2D eigenvalue weighted by molar-refractivity contribution is 0.135. The second-order valence-corrected chi connectivity index (χ2v) is 12.2. The number of hydrogen-bond donors (Lipinski definition) is 0. The van der Waals surface area contributed by atoms with E-state index in [0.717, 1.165) is 5.56 Å². The van der Waals surface area contributed by atoms with Gasteiger partial charge in [-0.15, -0.1) is 0 Å². The summed E-state index contributed by atoms with van der Waals surface area (Å²) in [5.74, 6) is 0.580. The number of rotatable bonds is 7. The highest BCUT2D eigenvalue weighted by atomic mass is 32.2. The number of hydrogen-bond acceptors (Lipinski definition) is 6. The number of ether oxygens (including phenoxy) is 1. The lowest BCUT2D eigenvalue weighted by Crippen LogP contribution is -2.41. The monoisotopic (exact) mass is 588 g/mol. The van der Waals surface area contributed by atoms with E-state index in [-0.39, 0.29) is 16.6 Å². The van der Waals surface area contributed by atoms with Crippen molar-refractivity contribution in [2.24, 2.45) is 0 Å². The SMILES string of the molecule is N#Cc1ccccc1-c1cc(-c2ccccn2)cn(-c2cccc(OC3CCN(S(=O)(=O)c4ccccc4)CC3)c2)c1=O. The Balaban J connectivity index is 1.29. The molecule has 0 atom stereocenters. The van der Waals surface area contributed by atoms with Crippen molar-refractivity contribution < 1.29 is 13.2 Å². The molecule has 0 saturated carbocycles. The molecule has 8 nitrogen and oxygen atoms in total. The van der Waals surface area contributed by atoms with E-state index in [4.69, 9.17) is 4.74 Å². The number of nitriles is 1. The fraction of sp³-hybridized carbons (Fsp3) is 0.147. The van der Waals surface area contributed by atoms with E-state index in [1.165, 1.54) is 4.31 Å². The van der Waals surface area contributed by atoms with E-state index in [1.54, 1.807) is 83.7 Å². The summed E-state index contributed by atoms with van der Waals surface area (Å²) in [5, 5.41) is 9.73. The Bertz CT molecular complexity index is 1960. The Hall–Kier alpha value is -5.04. The highest BCUT2D eigenvalue weighted by molar-refractivity contribution is 7.89. The summed E-state index contributed by atoms with van der Waals surface area (Å²) in [6, 6.07) is 32.3. The Morgan fingerprint density at radius 3 is 2.33 bits per heavy atom. The summed E-state index contributed by atoms with van der Waals surface area (Å²) in [5.41, 5.74) is 3.07. The van der Waals surface area contributed by atoms with Crippen molar-refractivity contribution in [2.45, 2.75) is 23.8 Å². The van der Waals surface area contributed by atoms with Crippen LogP contribution in [0.25, 0.3) is 28.1 Å². The van der Waals surface area contributed by atoms with Gasteiger partial charge in [-0.1, -0.05) is 48.5 Å². The van der Waals surface area contributed by atoms with E-state index >= 15 is 0 Å². The van der Waals surface area contributed by atoms with Gasteiger partial charge in [0.15, 0.2) is 0 Å². The molecule has 1 aliphatic rings. The first-order valence-corrected chi connectivity index (χ1v) is 15.4. The van der Waals surface area contributed by atoms with E-state index < -0.39 is 10.0 Å². The van der Waals surface area contributed by atoms with Gasteiger partial charge in [0.1, 0.15) is 11.9 Å². The summed E-state index contributed by atoms with van der Waals surface area (Å²) in [4.78, 5) is 18.7. The first kappa shape index (κ1) is 28.1. The predicted molar refractivity (Wildman–Crippen MR) is 164 cm³/mol. The Morgan fingerprint density at radius 2 is 1.58 bits per heavy atom. The van der Waals surface area contributed by atoms with Crippen LogP contribution in [0.3, 0.4) is 0 Å². The van der Waals surface area contributed by atoms with Crippen molar-refractivity contribution in [3.8, 4) is 39.9 Å². The maximum atomic E-state index is 13.9.